The molecule has 4 nitrogen and oxygen atoms in total. The van der Waals surface area contributed by atoms with E-state index in [1.54, 1.807) is 0 Å². The number of anilines is 1. The molecule has 1 aromatic carbocycles. The zero-order valence-corrected chi connectivity index (χ0v) is 15.5. The van der Waals surface area contributed by atoms with Gasteiger partial charge in [0.05, 0.1) is 6.04 Å². The molecule has 0 radical (unpaired) electrons. The van der Waals surface area contributed by atoms with E-state index >= 15 is 0 Å². The molecule has 1 saturated carbocycles. The normalized spacial score (nSPS) is 21.0. The van der Waals surface area contributed by atoms with E-state index in [0.717, 1.165) is 44.0 Å². The van der Waals surface area contributed by atoms with Gasteiger partial charge in [-0.25, -0.2) is 0 Å². The highest BCUT2D eigenvalue weighted by Gasteiger charge is 2.28. The van der Waals surface area contributed by atoms with Crippen LogP contribution in [0.15, 0.2) is 18.2 Å². The van der Waals surface area contributed by atoms with Gasteiger partial charge in [0.1, 0.15) is 0 Å². The Hall–Kier alpha value is -1.26. The lowest BCUT2D eigenvalue weighted by Crippen LogP contribution is -2.55. The summed E-state index contributed by atoms with van der Waals surface area (Å²) < 4.78 is 0. The van der Waals surface area contributed by atoms with Crippen molar-refractivity contribution in [3.8, 4) is 0 Å². The number of benzene rings is 1. The van der Waals surface area contributed by atoms with Gasteiger partial charge in [-0.15, -0.1) is 0 Å². The maximum Gasteiger partial charge on any atom is 0.237 e. The van der Waals surface area contributed by atoms with Crippen molar-refractivity contribution in [1.82, 2.24) is 10.2 Å². The van der Waals surface area contributed by atoms with E-state index in [0.29, 0.717) is 6.04 Å². The van der Waals surface area contributed by atoms with Crippen molar-refractivity contribution in [3.63, 3.8) is 0 Å². The number of amides is 1. The molecule has 1 aliphatic heterocycles. The third-order valence-electron chi connectivity index (χ3n) is 5.45. The molecular weight excluding hydrogens is 322 g/mol. The van der Waals surface area contributed by atoms with E-state index in [9.17, 15) is 4.79 Å². The van der Waals surface area contributed by atoms with Gasteiger partial charge in [0.15, 0.2) is 0 Å². The molecule has 0 aromatic heterocycles. The molecule has 1 aromatic rings. The van der Waals surface area contributed by atoms with Gasteiger partial charge < -0.3 is 10.2 Å². The van der Waals surface area contributed by atoms with Crippen molar-refractivity contribution in [2.75, 3.05) is 31.1 Å². The predicted molar refractivity (Wildman–Crippen MR) is 99.8 cm³/mol. The van der Waals surface area contributed by atoms with Crippen LogP contribution in [0.2, 0.25) is 5.02 Å². The van der Waals surface area contributed by atoms with Crippen LogP contribution in [0.5, 0.6) is 0 Å². The number of carbonyl (C=O) groups excluding carboxylic acids is 1. The second kappa shape index (κ2) is 7.75. The van der Waals surface area contributed by atoms with Gasteiger partial charge in [-0.1, -0.05) is 30.5 Å². The van der Waals surface area contributed by atoms with E-state index in [-0.39, 0.29) is 11.9 Å². The van der Waals surface area contributed by atoms with Crippen molar-refractivity contribution in [2.45, 2.75) is 51.6 Å². The van der Waals surface area contributed by atoms with Crippen LogP contribution >= 0.6 is 11.6 Å². The van der Waals surface area contributed by atoms with Crippen LogP contribution in [0.4, 0.5) is 5.69 Å². The molecular formula is C19H28ClN3O. The van der Waals surface area contributed by atoms with Crippen LogP contribution < -0.4 is 10.2 Å². The highest BCUT2D eigenvalue weighted by atomic mass is 35.5. The average molecular weight is 350 g/mol. The third-order valence-corrected chi connectivity index (χ3v) is 5.69. The minimum Gasteiger partial charge on any atom is -0.369 e. The summed E-state index contributed by atoms with van der Waals surface area (Å²) in [6.07, 6.45) is 4.77. The standard InChI is InChI=1S/C19H28ClN3O/c1-14-7-8-16(20)13-18(14)23-11-9-22(10-12-23)15(2)19(24)21-17-5-3-4-6-17/h7-8,13,15,17H,3-6,9-12H2,1-2H3,(H,21,24)/t15-/m1/s1. The van der Waals surface area contributed by atoms with Crippen molar-refractivity contribution in [1.29, 1.82) is 0 Å². The number of halogens is 1. The summed E-state index contributed by atoms with van der Waals surface area (Å²) in [5.74, 6) is 0.189. The molecule has 0 unspecified atom stereocenters. The SMILES string of the molecule is Cc1ccc(Cl)cc1N1CCN([C@H](C)C(=O)NC2CCCC2)CC1. The van der Waals surface area contributed by atoms with Crippen molar-refractivity contribution in [3.05, 3.63) is 28.8 Å². The highest BCUT2D eigenvalue weighted by molar-refractivity contribution is 6.30. The lowest BCUT2D eigenvalue weighted by Gasteiger charge is -2.39. The summed E-state index contributed by atoms with van der Waals surface area (Å²) in [6, 6.07) is 6.40. The first-order valence-corrected chi connectivity index (χ1v) is 9.48. The van der Waals surface area contributed by atoms with E-state index in [1.165, 1.54) is 24.1 Å². The van der Waals surface area contributed by atoms with Crippen molar-refractivity contribution < 1.29 is 4.79 Å². The van der Waals surface area contributed by atoms with E-state index < -0.39 is 0 Å². The maximum atomic E-state index is 12.5. The first-order valence-electron chi connectivity index (χ1n) is 9.10. The Morgan fingerprint density at radius 1 is 1.21 bits per heavy atom. The Balaban J connectivity index is 1.54. The molecule has 1 amide bonds. The zero-order chi connectivity index (χ0) is 17.1. The van der Waals surface area contributed by atoms with Crippen LogP contribution in [0.3, 0.4) is 0 Å². The van der Waals surface area contributed by atoms with E-state index in [1.807, 2.05) is 19.1 Å². The van der Waals surface area contributed by atoms with Crippen LogP contribution in [0.25, 0.3) is 0 Å². The number of hydrogen-bond acceptors (Lipinski definition) is 3. The maximum absolute atomic E-state index is 12.5. The van der Waals surface area contributed by atoms with E-state index in [4.69, 9.17) is 11.6 Å². The van der Waals surface area contributed by atoms with Gasteiger partial charge in [0.25, 0.3) is 0 Å². The lowest BCUT2D eigenvalue weighted by molar-refractivity contribution is -0.126. The fourth-order valence-corrected chi connectivity index (χ4v) is 4.00. The molecule has 0 spiro atoms. The average Bonchev–Trinajstić information content (AvgIpc) is 3.09. The number of piperazine rings is 1. The first-order chi connectivity index (χ1) is 11.5. The number of carbonyl (C=O) groups is 1. The van der Waals surface area contributed by atoms with Gasteiger partial charge in [0, 0.05) is 42.9 Å². The predicted octanol–water partition coefficient (Wildman–Crippen LogP) is 3.22. The third kappa shape index (κ3) is 4.04. The molecule has 2 fully saturated rings. The molecule has 24 heavy (non-hydrogen) atoms. The Morgan fingerprint density at radius 3 is 2.54 bits per heavy atom. The number of nitrogens with zero attached hydrogens (tertiary/aromatic N) is 2. The summed E-state index contributed by atoms with van der Waals surface area (Å²) in [7, 11) is 0. The monoisotopic (exact) mass is 349 g/mol. The largest absolute Gasteiger partial charge is 0.369 e. The highest BCUT2D eigenvalue weighted by Crippen LogP contribution is 2.25. The second-order valence-corrected chi connectivity index (χ2v) is 7.56. The Bertz CT molecular complexity index is 578. The minimum atomic E-state index is -0.0480. The van der Waals surface area contributed by atoms with Gasteiger partial charge in [-0.3, -0.25) is 9.69 Å². The summed E-state index contributed by atoms with van der Waals surface area (Å²) in [5, 5.41) is 4.00. The van der Waals surface area contributed by atoms with Crippen LogP contribution in [-0.4, -0.2) is 49.1 Å². The number of nitrogens with one attached hydrogen (secondary N) is 1. The Kier molecular flexibility index (Phi) is 5.67. The lowest BCUT2D eigenvalue weighted by atomic mass is 10.1. The quantitative estimate of drug-likeness (QED) is 0.906. The fraction of sp³-hybridized carbons (Fsp3) is 0.632. The van der Waals surface area contributed by atoms with Gasteiger partial charge in [-0.05, 0) is 44.4 Å². The number of hydrogen-bond donors (Lipinski definition) is 1. The van der Waals surface area contributed by atoms with Gasteiger partial charge in [0.2, 0.25) is 5.91 Å². The summed E-state index contributed by atoms with van der Waals surface area (Å²) in [4.78, 5) is 17.1. The smallest absolute Gasteiger partial charge is 0.237 e. The van der Waals surface area contributed by atoms with E-state index in [2.05, 4.69) is 28.1 Å². The molecule has 1 saturated heterocycles. The molecule has 132 valence electrons. The first kappa shape index (κ1) is 17.6. The molecule has 0 bridgehead atoms. The molecule has 1 heterocycles. The second-order valence-electron chi connectivity index (χ2n) is 7.12. The molecule has 1 N–H and O–H groups in total. The topological polar surface area (TPSA) is 35.6 Å². The van der Waals surface area contributed by atoms with Crippen LogP contribution in [0.1, 0.15) is 38.2 Å². The van der Waals surface area contributed by atoms with Crippen LogP contribution in [-0.2, 0) is 4.79 Å². The number of rotatable bonds is 4. The van der Waals surface area contributed by atoms with Crippen molar-refractivity contribution in [2.24, 2.45) is 0 Å². The molecule has 1 atom stereocenters. The summed E-state index contributed by atoms with van der Waals surface area (Å²) in [5.41, 5.74) is 2.46. The molecule has 5 heteroatoms. The van der Waals surface area contributed by atoms with Crippen LogP contribution in [0, 0.1) is 6.92 Å². The molecule has 2 aliphatic rings. The fourth-order valence-electron chi connectivity index (χ4n) is 3.83. The summed E-state index contributed by atoms with van der Waals surface area (Å²) in [6.45, 7) is 7.83. The Labute approximate surface area is 150 Å². The van der Waals surface area contributed by atoms with Gasteiger partial charge >= 0.3 is 0 Å². The molecule has 1 aliphatic carbocycles. The Morgan fingerprint density at radius 2 is 1.88 bits per heavy atom. The number of aryl methyl sites for hydroxylation is 1. The van der Waals surface area contributed by atoms with Crippen molar-refractivity contribution >= 4 is 23.2 Å². The molecule has 3 rings (SSSR count). The van der Waals surface area contributed by atoms with Gasteiger partial charge in [-0.2, -0.15) is 0 Å². The zero-order valence-electron chi connectivity index (χ0n) is 14.7. The minimum absolute atomic E-state index is 0.0480. The summed E-state index contributed by atoms with van der Waals surface area (Å²) >= 11 is 6.15.